The monoisotopic (exact) mass is 461 g/mol. The van der Waals surface area contributed by atoms with Crippen molar-refractivity contribution in [1.29, 1.82) is 0 Å². The zero-order valence-corrected chi connectivity index (χ0v) is 16.0. The summed E-state index contributed by atoms with van der Waals surface area (Å²) in [6.07, 6.45) is -2.80. The highest BCUT2D eigenvalue weighted by atomic mass is 127. The van der Waals surface area contributed by atoms with Gasteiger partial charge in [-0.25, -0.2) is 4.99 Å². The van der Waals surface area contributed by atoms with Crippen LogP contribution >= 0.6 is 24.0 Å². The number of nitrogens with one attached hydrogen (secondary N) is 2. The van der Waals surface area contributed by atoms with Gasteiger partial charge in [0.15, 0.2) is 11.8 Å². The number of aryl methyl sites for hydroxylation is 1. The SMILES string of the molecule is CCNC(=NCc1noc(C)n1)NC1CCC(C(F)(F)F)CC1.I. The Bertz CT molecular complexity index is 527. The van der Waals surface area contributed by atoms with Crippen LogP contribution in [-0.4, -0.2) is 34.9 Å². The molecule has 0 aromatic carbocycles. The van der Waals surface area contributed by atoms with E-state index in [1.54, 1.807) is 6.92 Å². The zero-order valence-electron chi connectivity index (χ0n) is 13.7. The fourth-order valence-electron chi connectivity index (χ4n) is 2.63. The first-order valence-corrected chi connectivity index (χ1v) is 7.79. The van der Waals surface area contributed by atoms with Crippen LogP contribution in [0.4, 0.5) is 13.2 Å². The van der Waals surface area contributed by atoms with Crippen molar-refractivity contribution in [2.24, 2.45) is 10.9 Å². The molecule has 0 spiro atoms. The molecule has 1 aromatic rings. The minimum atomic E-state index is -4.08. The average molecular weight is 461 g/mol. The van der Waals surface area contributed by atoms with Crippen LogP contribution in [0.2, 0.25) is 0 Å². The highest BCUT2D eigenvalue weighted by Gasteiger charge is 2.41. The molecule has 0 bridgehead atoms. The van der Waals surface area contributed by atoms with Gasteiger partial charge in [-0.1, -0.05) is 5.16 Å². The standard InChI is InChI=1S/C14H22F3N5O.HI/c1-3-18-13(19-8-12-20-9(2)23-22-12)21-11-6-4-10(5-7-11)14(15,16)17;/h10-11H,3-8H2,1-2H3,(H2,18,19,21);1H. The number of alkyl halides is 3. The van der Waals surface area contributed by atoms with E-state index in [0.717, 1.165) is 0 Å². The maximum Gasteiger partial charge on any atom is 0.391 e. The van der Waals surface area contributed by atoms with E-state index < -0.39 is 12.1 Å². The summed E-state index contributed by atoms with van der Waals surface area (Å²) in [5, 5.41) is 10.0. The largest absolute Gasteiger partial charge is 0.391 e. The maximum atomic E-state index is 12.7. The maximum absolute atomic E-state index is 12.7. The van der Waals surface area contributed by atoms with E-state index >= 15 is 0 Å². The van der Waals surface area contributed by atoms with Crippen LogP contribution in [0.1, 0.15) is 44.3 Å². The van der Waals surface area contributed by atoms with Gasteiger partial charge in [-0.05, 0) is 32.6 Å². The third-order valence-electron chi connectivity index (χ3n) is 3.82. The summed E-state index contributed by atoms with van der Waals surface area (Å²) in [6, 6.07) is -0.00148. The molecule has 1 aliphatic carbocycles. The van der Waals surface area contributed by atoms with Crippen LogP contribution < -0.4 is 10.6 Å². The smallest absolute Gasteiger partial charge is 0.357 e. The summed E-state index contributed by atoms with van der Waals surface area (Å²) in [5.74, 6) is 0.326. The molecule has 0 atom stereocenters. The third kappa shape index (κ3) is 6.44. The summed E-state index contributed by atoms with van der Waals surface area (Å²) in [4.78, 5) is 8.41. The first-order chi connectivity index (χ1) is 10.9. The molecule has 1 fully saturated rings. The molecule has 1 saturated carbocycles. The molecule has 138 valence electrons. The molecule has 0 amide bonds. The fourth-order valence-corrected chi connectivity index (χ4v) is 2.63. The van der Waals surface area contributed by atoms with E-state index in [4.69, 9.17) is 4.52 Å². The van der Waals surface area contributed by atoms with Crippen molar-refractivity contribution in [3.05, 3.63) is 11.7 Å². The number of rotatable bonds is 4. The van der Waals surface area contributed by atoms with Crippen LogP contribution in [0.3, 0.4) is 0 Å². The van der Waals surface area contributed by atoms with Crippen molar-refractivity contribution in [1.82, 2.24) is 20.8 Å². The van der Waals surface area contributed by atoms with Gasteiger partial charge in [0, 0.05) is 19.5 Å². The van der Waals surface area contributed by atoms with Crippen molar-refractivity contribution in [3.63, 3.8) is 0 Å². The Balaban J connectivity index is 0.00000288. The molecule has 0 unspecified atom stereocenters. The summed E-state index contributed by atoms with van der Waals surface area (Å²) < 4.78 is 42.9. The quantitative estimate of drug-likeness (QED) is 0.410. The lowest BCUT2D eigenvalue weighted by Gasteiger charge is -2.31. The highest BCUT2D eigenvalue weighted by Crippen LogP contribution is 2.37. The molecule has 2 N–H and O–H groups in total. The van der Waals surface area contributed by atoms with E-state index in [1.807, 2.05) is 6.92 Å². The van der Waals surface area contributed by atoms with Gasteiger partial charge >= 0.3 is 6.18 Å². The first kappa shape index (κ1) is 21.0. The fraction of sp³-hybridized carbons (Fsp3) is 0.786. The van der Waals surface area contributed by atoms with Crippen molar-refractivity contribution in [2.45, 2.75) is 58.3 Å². The summed E-state index contributed by atoms with van der Waals surface area (Å²) >= 11 is 0. The summed E-state index contributed by atoms with van der Waals surface area (Å²) in [5.41, 5.74) is 0. The second kappa shape index (κ2) is 9.42. The van der Waals surface area contributed by atoms with E-state index in [0.29, 0.717) is 37.1 Å². The lowest BCUT2D eigenvalue weighted by Crippen LogP contribution is -2.45. The van der Waals surface area contributed by atoms with Crippen LogP contribution in [0.5, 0.6) is 0 Å². The molecular formula is C14H23F3IN5O. The molecule has 0 saturated heterocycles. The van der Waals surface area contributed by atoms with Crippen LogP contribution in [-0.2, 0) is 6.54 Å². The van der Waals surface area contributed by atoms with E-state index in [1.165, 1.54) is 0 Å². The second-order valence-corrected chi connectivity index (χ2v) is 5.66. The summed E-state index contributed by atoms with van der Waals surface area (Å²) in [6.45, 7) is 4.54. The predicted molar refractivity (Wildman–Crippen MR) is 94.2 cm³/mol. The molecule has 10 heteroatoms. The van der Waals surface area contributed by atoms with Gasteiger partial charge in [0.05, 0.1) is 5.92 Å². The Labute approximate surface area is 156 Å². The molecule has 2 rings (SSSR count). The van der Waals surface area contributed by atoms with Gasteiger partial charge in [0.25, 0.3) is 0 Å². The number of hydrogen-bond donors (Lipinski definition) is 2. The van der Waals surface area contributed by atoms with Gasteiger partial charge < -0.3 is 15.2 Å². The third-order valence-corrected chi connectivity index (χ3v) is 3.82. The topological polar surface area (TPSA) is 75.3 Å². The van der Waals surface area contributed by atoms with Crippen LogP contribution in [0.15, 0.2) is 9.52 Å². The lowest BCUT2D eigenvalue weighted by atomic mass is 9.85. The number of hydrogen-bond acceptors (Lipinski definition) is 4. The normalized spacial score (nSPS) is 22.0. The first-order valence-electron chi connectivity index (χ1n) is 7.79. The number of aliphatic imine (C=N–C) groups is 1. The van der Waals surface area contributed by atoms with E-state index in [-0.39, 0.29) is 49.4 Å². The molecular weight excluding hydrogens is 438 g/mol. The molecule has 1 aliphatic rings. The second-order valence-electron chi connectivity index (χ2n) is 5.66. The van der Waals surface area contributed by atoms with Gasteiger partial charge in [-0.15, -0.1) is 24.0 Å². The van der Waals surface area contributed by atoms with Gasteiger partial charge in [0.1, 0.15) is 6.54 Å². The molecule has 24 heavy (non-hydrogen) atoms. The van der Waals surface area contributed by atoms with Crippen LogP contribution in [0.25, 0.3) is 0 Å². The minimum absolute atomic E-state index is 0. The number of aromatic nitrogens is 2. The average Bonchev–Trinajstić information content (AvgIpc) is 2.90. The van der Waals surface area contributed by atoms with E-state index in [9.17, 15) is 13.2 Å². The Hall–Kier alpha value is -1.07. The molecule has 6 nitrogen and oxygen atoms in total. The Morgan fingerprint density at radius 3 is 2.46 bits per heavy atom. The Morgan fingerprint density at radius 1 is 1.29 bits per heavy atom. The number of halogens is 4. The summed E-state index contributed by atoms with van der Waals surface area (Å²) in [7, 11) is 0. The van der Waals surface area contributed by atoms with E-state index in [2.05, 4.69) is 25.8 Å². The minimum Gasteiger partial charge on any atom is -0.357 e. The molecule has 0 aliphatic heterocycles. The Morgan fingerprint density at radius 2 is 1.96 bits per heavy atom. The van der Waals surface area contributed by atoms with Gasteiger partial charge in [-0.3, -0.25) is 0 Å². The van der Waals surface area contributed by atoms with Gasteiger partial charge in [0.2, 0.25) is 5.89 Å². The molecule has 0 radical (unpaired) electrons. The number of nitrogens with zero attached hydrogens (tertiary/aromatic N) is 3. The lowest BCUT2D eigenvalue weighted by molar-refractivity contribution is -0.182. The number of guanidine groups is 1. The predicted octanol–water partition coefficient (Wildman–Crippen LogP) is 3.17. The zero-order chi connectivity index (χ0) is 16.9. The van der Waals surface area contributed by atoms with Crippen molar-refractivity contribution < 1.29 is 17.7 Å². The highest BCUT2D eigenvalue weighted by molar-refractivity contribution is 14.0. The van der Waals surface area contributed by atoms with Crippen molar-refractivity contribution in [2.75, 3.05) is 6.54 Å². The van der Waals surface area contributed by atoms with Crippen molar-refractivity contribution in [3.8, 4) is 0 Å². The van der Waals surface area contributed by atoms with Crippen LogP contribution in [0, 0.1) is 12.8 Å². The van der Waals surface area contributed by atoms with Crippen molar-refractivity contribution >= 4 is 29.9 Å². The molecule has 1 heterocycles. The Kier molecular flexibility index (Phi) is 8.23. The van der Waals surface area contributed by atoms with Gasteiger partial charge in [-0.2, -0.15) is 18.2 Å². The molecule has 1 aromatic heterocycles.